The zero-order valence-corrected chi connectivity index (χ0v) is 16.1. The Morgan fingerprint density at radius 2 is 1.89 bits per heavy atom. The van der Waals surface area contributed by atoms with Crippen LogP contribution < -0.4 is 5.32 Å². The van der Waals surface area contributed by atoms with Crippen molar-refractivity contribution in [3.63, 3.8) is 0 Å². The van der Waals surface area contributed by atoms with Crippen molar-refractivity contribution in [1.29, 1.82) is 0 Å². The van der Waals surface area contributed by atoms with Gasteiger partial charge < -0.3 is 5.32 Å². The highest BCUT2D eigenvalue weighted by molar-refractivity contribution is 7.14. The molecule has 1 atom stereocenters. The van der Waals surface area contributed by atoms with E-state index in [9.17, 15) is 18.8 Å². The van der Waals surface area contributed by atoms with Crippen molar-refractivity contribution in [1.82, 2.24) is 10.2 Å². The summed E-state index contributed by atoms with van der Waals surface area (Å²) < 4.78 is 13.3. The van der Waals surface area contributed by atoms with E-state index >= 15 is 0 Å². The van der Waals surface area contributed by atoms with Crippen molar-refractivity contribution in [2.75, 3.05) is 6.54 Å². The molecule has 0 radical (unpaired) electrons. The van der Waals surface area contributed by atoms with Crippen LogP contribution in [0.1, 0.15) is 46.3 Å². The minimum atomic E-state index is -1.26. The van der Waals surface area contributed by atoms with E-state index in [1.54, 1.807) is 6.07 Å². The van der Waals surface area contributed by atoms with Gasteiger partial charge in [-0.2, -0.15) is 0 Å². The molecule has 1 aromatic carbocycles. The lowest BCUT2D eigenvalue weighted by atomic mass is 9.84. The van der Waals surface area contributed by atoms with Crippen LogP contribution >= 0.6 is 11.3 Å². The summed E-state index contributed by atoms with van der Waals surface area (Å²) in [6, 6.07) is 8.49. The lowest BCUT2D eigenvalue weighted by Crippen LogP contribution is -2.44. The van der Waals surface area contributed by atoms with E-state index in [4.69, 9.17) is 0 Å². The Kier molecular flexibility index (Phi) is 5.41. The number of nitrogens with zero attached hydrogens (tertiary/aromatic N) is 1. The molecule has 1 aliphatic rings. The first kappa shape index (κ1) is 19.2. The highest BCUT2D eigenvalue weighted by Gasteiger charge is 2.52. The molecule has 0 unspecified atom stereocenters. The van der Waals surface area contributed by atoms with Gasteiger partial charge in [-0.15, -0.1) is 11.3 Å². The van der Waals surface area contributed by atoms with Crippen molar-refractivity contribution in [3.8, 4) is 0 Å². The highest BCUT2D eigenvalue weighted by atomic mass is 32.1. The number of ketones is 1. The molecule has 3 amide bonds. The Hall–Kier alpha value is -2.54. The average Bonchev–Trinajstić information content (AvgIpc) is 3.18. The van der Waals surface area contributed by atoms with Gasteiger partial charge in [-0.1, -0.05) is 31.9 Å². The Bertz CT molecular complexity index is 878. The number of rotatable bonds is 7. The lowest BCUT2D eigenvalue weighted by Gasteiger charge is -2.27. The molecule has 3 rings (SSSR count). The number of carbonyl (C=O) groups excluding carboxylic acids is 3. The molecule has 0 bridgehead atoms. The van der Waals surface area contributed by atoms with Gasteiger partial charge in [0.2, 0.25) is 0 Å². The van der Waals surface area contributed by atoms with Crippen LogP contribution in [0.5, 0.6) is 0 Å². The number of hydrogen-bond donors (Lipinski definition) is 1. The van der Waals surface area contributed by atoms with Crippen LogP contribution in [0.15, 0.2) is 36.4 Å². The predicted octanol–water partition coefficient (Wildman–Crippen LogP) is 4.02. The molecule has 2 aromatic rings. The fourth-order valence-corrected chi connectivity index (χ4v) is 4.06. The standard InChI is InChI=1S/C20H21FN2O3S/c1-3-4-11-20(14-6-8-15(21)9-7-14)18(25)23(19(26)22-20)12-16(24)17-10-5-13(2)27-17/h5-10H,3-4,11-12H2,1-2H3,(H,22,26)/t20-/m1/s1. The summed E-state index contributed by atoms with van der Waals surface area (Å²) in [5.74, 6) is -1.16. The summed E-state index contributed by atoms with van der Waals surface area (Å²) in [5.41, 5.74) is -0.732. The number of imide groups is 1. The first-order valence-corrected chi connectivity index (χ1v) is 9.69. The molecule has 0 saturated carbocycles. The van der Waals surface area contributed by atoms with Crippen molar-refractivity contribution in [3.05, 3.63) is 57.5 Å². The fourth-order valence-electron chi connectivity index (χ4n) is 3.26. The first-order chi connectivity index (χ1) is 12.9. The summed E-state index contributed by atoms with van der Waals surface area (Å²) in [6.45, 7) is 3.57. The van der Waals surface area contributed by atoms with Gasteiger partial charge in [0.25, 0.3) is 5.91 Å². The summed E-state index contributed by atoms with van der Waals surface area (Å²) >= 11 is 1.33. The van der Waals surface area contributed by atoms with Gasteiger partial charge >= 0.3 is 6.03 Å². The van der Waals surface area contributed by atoms with E-state index in [1.807, 2.05) is 19.9 Å². The molecule has 0 spiro atoms. The second-order valence-corrected chi connectivity index (χ2v) is 7.96. The van der Waals surface area contributed by atoms with Gasteiger partial charge in [-0.3, -0.25) is 14.5 Å². The molecule has 7 heteroatoms. The summed E-state index contributed by atoms with van der Waals surface area (Å²) in [4.78, 5) is 40.7. The smallest absolute Gasteiger partial charge is 0.319 e. The summed E-state index contributed by atoms with van der Waals surface area (Å²) in [6.07, 6.45) is 1.93. The van der Waals surface area contributed by atoms with E-state index < -0.39 is 23.3 Å². The molecule has 1 aliphatic heterocycles. The lowest BCUT2D eigenvalue weighted by molar-refractivity contribution is -0.131. The van der Waals surface area contributed by atoms with E-state index in [-0.39, 0.29) is 12.3 Å². The zero-order chi connectivity index (χ0) is 19.6. The third kappa shape index (κ3) is 3.64. The number of thiophene rings is 1. The van der Waals surface area contributed by atoms with Gasteiger partial charge in [0.15, 0.2) is 5.78 Å². The van der Waals surface area contributed by atoms with E-state index in [2.05, 4.69) is 5.32 Å². The Morgan fingerprint density at radius 1 is 1.19 bits per heavy atom. The fraction of sp³-hybridized carbons (Fsp3) is 0.350. The molecule has 0 aliphatic carbocycles. The van der Waals surface area contributed by atoms with Gasteiger partial charge in [-0.25, -0.2) is 9.18 Å². The minimum Gasteiger partial charge on any atom is -0.319 e. The predicted molar refractivity (Wildman–Crippen MR) is 101 cm³/mol. The summed E-state index contributed by atoms with van der Waals surface area (Å²) in [7, 11) is 0. The number of unbranched alkanes of at least 4 members (excludes halogenated alkanes) is 1. The topological polar surface area (TPSA) is 66.5 Å². The Balaban J connectivity index is 1.90. The number of aryl methyl sites for hydroxylation is 1. The Morgan fingerprint density at radius 3 is 2.48 bits per heavy atom. The normalized spacial score (nSPS) is 19.4. The summed E-state index contributed by atoms with van der Waals surface area (Å²) in [5, 5.41) is 2.77. The van der Waals surface area contributed by atoms with Crippen LogP contribution in [0, 0.1) is 12.7 Å². The van der Waals surface area contributed by atoms with Gasteiger partial charge in [-0.05, 0) is 43.2 Å². The molecule has 142 valence electrons. The van der Waals surface area contributed by atoms with Crippen LogP contribution in [0.4, 0.5) is 9.18 Å². The first-order valence-electron chi connectivity index (χ1n) is 8.87. The minimum absolute atomic E-state index is 0.276. The molecule has 27 heavy (non-hydrogen) atoms. The van der Waals surface area contributed by atoms with Gasteiger partial charge in [0.05, 0.1) is 11.4 Å². The van der Waals surface area contributed by atoms with E-state index in [1.165, 1.54) is 35.6 Å². The van der Waals surface area contributed by atoms with Crippen LogP contribution in [-0.4, -0.2) is 29.2 Å². The second-order valence-electron chi connectivity index (χ2n) is 6.67. The zero-order valence-electron chi connectivity index (χ0n) is 15.3. The Labute approximate surface area is 161 Å². The number of halogens is 1. The molecular formula is C20H21FN2O3S. The van der Waals surface area contributed by atoms with Gasteiger partial charge in [0, 0.05) is 4.88 Å². The van der Waals surface area contributed by atoms with Crippen LogP contribution in [-0.2, 0) is 10.3 Å². The molecule has 1 aromatic heterocycles. The monoisotopic (exact) mass is 388 g/mol. The third-order valence-corrected chi connectivity index (χ3v) is 5.78. The maximum atomic E-state index is 13.3. The van der Waals surface area contributed by atoms with E-state index in [0.717, 1.165) is 16.2 Å². The number of hydrogen-bond acceptors (Lipinski definition) is 4. The maximum Gasteiger partial charge on any atom is 0.325 e. The van der Waals surface area contributed by atoms with Crippen molar-refractivity contribution in [2.45, 2.75) is 38.6 Å². The SMILES string of the molecule is CCCC[C@]1(c2ccc(F)cc2)NC(=O)N(CC(=O)c2ccc(C)s2)C1=O. The number of benzene rings is 1. The van der Waals surface area contributed by atoms with E-state index in [0.29, 0.717) is 23.3 Å². The number of Topliss-reactive ketones (excluding diaryl/α,β-unsaturated/α-hetero) is 1. The molecule has 1 saturated heterocycles. The molecule has 5 nitrogen and oxygen atoms in total. The molecular weight excluding hydrogens is 367 g/mol. The van der Waals surface area contributed by atoms with Crippen LogP contribution in [0.25, 0.3) is 0 Å². The highest BCUT2D eigenvalue weighted by Crippen LogP contribution is 2.34. The molecule has 2 heterocycles. The second kappa shape index (κ2) is 7.60. The van der Waals surface area contributed by atoms with Crippen molar-refractivity contribution in [2.24, 2.45) is 0 Å². The van der Waals surface area contributed by atoms with Gasteiger partial charge in [0.1, 0.15) is 11.4 Å². The van der Waals surface area contributed by atoms with Crippen LogP contribution in [0.2, 0.25) is 0 Å². The third-order valence-electron chi connectivity index (χ3n) is 4.73. The molecule has 1 fully saturated rings. The largest absolute Gasteiger partial charge is 0.325 e. The number of carbonyl (C=O) groups is 3. The number of urea groups is 1. The quantitative estimate of drug-likeness (QED) is 0.576. The van der Waals surface area contributed by atoms with Crippen LogP contribution in [0.3, 0.4) is 0 Å². The van der Waals surface area contributed by atoms with Crippen molar-refractivity contribution < 1.29 is 18.8 Å². The van der Waals surface area contributed by atoms with Crippen molar-refractivity contribution >= 4 is 29.1 Å². The molecule has 1 N–H and O–H groups in total. The maximum absolute atomic E-state index is 13.3. The number of amides is 3. The average molecular weight is 388 g/mol. The number of nitrogens with one attached hydrogen (secondary N) is 1.